The number of hydrogen-bond donors (Lipinski definition) is 1. The van der Waals surface area contributed by atoms with Crippen molar-refractivity contribution in [2.45, 2.75) is 11.7 Å². The summed E-state index contributed by atoms with van der Waals surface area (Å²) in [5, 5.41) is 11.6. The molecule has 2 aromatic rings. The van der Waals surface area contributed by atoms with Crippen LogP contribution in [0.5, 0.6) is 0 Å². The van der Waals surface area contributed by atoms with Gasteiger partial charge in [0.1, 0.15) is 17.4 Å². The molecule has 32 heavy (non-hydrogen) atoms. The summed E-state index contributed by atoms with van der Waals surface area (Å²) in [7, 11) is -3.11. The molecule has 0 radical (unpaired) electrons. The fraction of sp³-hybridized carbons (Fsp3) is 0.267. The highest BCUT2D eigenvalue weighted by Crippen LogP contribution is 2.41. The first-order valence-corrected chi connectivity index (χ1v) is 10.1. The smallest absolute Gasteiger partial charge is 0.369 e. The minimum absolute atomic E-state index is 0.468. The summed E-state index contributed by atoms with van der Waals surface area (Å²) >= 11 is 11.8. The minimum Gasteiger partial charge on any atom is -0.369 e. The van der Waals surface area contributed by atoms with E-state index >= 15 is 0 Å². The van der Waals surface area contributed by atoms with E-state index in [1.807, 2.05) is 0 Å². The predicted octanol–water partition coefficient (Wildman–Crippen LogP) is 4.55. The SMILES string of the molecule is CN(C)C=Nc1c(NS(=O)(=O)C(F)(F)F)c(C#N)nn1-c1c(Cl)cc(C(F)(F)F)cc1Cl. The molecule has 0 atom stereocenters. The molecule has 0 amide bonds. The van der Waals surface area contributed by atoms with Gasteiger partial charge in [0.25, 0.3) is 0 Å². The van der Waals surface area contributed by atoms with Gasteiger partial charge >= 0.3 is 21.7 Å². The topological polar surface area (TPSA) is 103 Å². The number of anilines is 1. The molecular formula is C15H10Cl2F6N6O2S. The fourth-order valence-electron chi connectivity index (χ4n) is 2.15. The molecule has 1 heterocycles. The van der Waals surface area contributed by atoms with E-state index in [9.17, 15) is 40.0 Å². The number of benzene rings is 1. The zero-order valence-electron chi connectivity index (χ0n) is 15.7. The number of hydrogen-bond acceptors (Lipinski definition) is 5. The molecule has 0 bridgehead atoms. The Balaban J connectivity index is 2.86. The molecule has 0 saturated carbocycles. The summed E-state index contributed by atoms with van der Waals surface area (Å²) in [6.07, 6.45) is -3.82. The van der Waals surface area contributed by atoms with E-state index in [0.717, 1.165) is 6.34 Å². The fourth-order valence-corrected chi connectivity index (χ4v) is 3.37. The minimum atomic E-state index is -6.02. The molecule has 1 N–H and O–H groups in total. The van der Waals surface area contributed by atoms with Gasteiger partial charge in [0.05, 0.1) is 21.9 Å². The van der Waals surface area contributed by atoms with Gasteiger partial charge in [0.15, 0.2) is 11.5 Å². The maximum absolute atomic E-state index is 13.0. The van der Waals surface area contributed by atoms with Crippen molar-refractivity contribution in [2.75, 3.05) is 18.8 Å². The highest BCUT2D eigenvalue weighted by Gasteiger charge is 2.47. The summed E-state index contributed by atoms with van der Waals surface area (Å²) in [5.74, 6) is -0.702. The number of aliphatic imine (C=N–C) groups is 1. The number of alkyl halides is 6. The van der Waals surface area contributed by atoms with Crippen LogP contribution in [0.15, 0.2) is 17.1 Å². The molecule has 2 rings (SSSR count). The van der Waals surface area contributed by atoms with Crippen LogP contribution in [-0.4, -0.2) is 49.0 Å². The number of nitrogens with zero attached hydrogens (tertiary/aromatic N) is 5. The predicted molar refractivity (Wildman–Crippen MR) is 104 cm³/mol. The molecule has 0 aliphatic carbocycles. The largest absolute Gasteiger partial charge is 0.516 e. The van der Waals surface area contributed by atoms with Gasteiger partial charge < -0.3 is 4.90 Å². The summed E-state index contributed by atoms with van der Waals surface area (Å²) in [4.78, 5) is 5.08. The van der Waals surface area contributed by atoms with Gasteiger partial charge in [-0.15, -0.1) is 0 Å². The van der Waals surface area contributed by atoms with Gasteiger partial charge in [0.2, 0.25) is 0 Å². The van der Waals surface area contributed by atoms with Crippen LogP contribution in [0, 0.1) is 11.3 Å². The van der Waals surface area contributed by atoms with Crippen molar-refractivity contribution in [1.82, 2.24) is 14.7 Å². The second kappa shape index (κ2) is 8.68. The number of halogens is 8. The first-order valence-electron chi connectivity index (χ1n) is 7.89. The average Bonchev–Trinajstić information content (AvgIpc) is 2.94. The average molecular weight is 523 g/mol. The summed E-state index contributed by atoms with van der Waals surface area (Å²) < 4.78 is 102. The molecule has 0 aliphatic rings. The monoisotopic (exact) mass is 522 g/mol. The molecule has 1 aromatic heterocycles. The molecule has 0 saturated heterocycles. The summed E-state index contributed by atoms with van der Waals surface area (Å²) in [6.45, 7) is 0. The van der Waals surface area contributed by atoms with Gasteiger partial charge in [-0.05, 0) is 12.1 Å². The second-order valence-electron chi connectivity index (χ2n) is 6.12. The van der Waals surface area contributed by atoms with E-state index < -0.39 is 60.2 Å². The van der Waals surface area contributed by atoms with Crippen molar-refractivity contribution in [3.8, 4) is 11.8 Å². The maximum atomic E-state index is 13.0. The van der Waals surface area contributed by atoms with Crippen LogP contribution >= 0.6 is 23.2 Å². The zero-order chi connectivity index (χ0) is 24.6. The molecule has 17 heteroatoms. The second-order valence-corrected chi connectivity index (χ2v) is 8.60. The number of sulfonamides is 1. The third-order valence-corrected chi connectivity index (χ3v) is 5.13. The molecule has 0 spiro atoms. The van der Waals surface area contributed by atoms with Gasteiger partial charge in [-0.1, -0.05) is 23.2 Å². The molecule has 0 aliphatic heterocycles. The number of nitrogens with one attached hydrogen (secondary N) is 1. The standard InChI is InChI=1S/C15H10Cl2F6N6O2S/c1-28(2)6-25-13-11(27-32(30,31)15(21,22)23)10(5-24)26-29(13)12-8(16)3-7(4-9(12)17)14(18,19)20/h3-4,6,27H,1-2H3. The Hall–Kier alpha value is -2.70. The Kier molecular flexibility index (Phi) is 6.93. The van der Waals surface area contributed by atoms with Gasteiger partial charge in [-0.3, -0.25) is 4.72 Å². The van der Waals surface area contributed by atoms with Crippen molar-refractivity contribution in [1.29, 1.82) is 5.26 Å². The molecule has 1 aromatic carbocycles. The lowest BCUT2D eigenvalue weighted by Gasteiger charge is -2.14. The quantitative estimate of drug-likeness (QED) is 0.352. The number of nitriles is 1. The van der Waals surface area contributed by atoms with Crippen LogP contribution in [0.3, 0.4) is 0 Å². The summed E-state index contributed by atoms with van der Waals surface area (Å²) in [6, 6.07) is 2.32. The molecule has 0 fully saturated rings. The van der Waals surface area contributed by atoms with Crippen LogP contribution in [0.1, 0.15) is 11.3 Å². The molecule has 0 unspecified atom stereocenters. The van der Waals surface area contributed by atoms with Crippen molar-refractivity contribution < 1.29 is 34.8 Å². The van der Waals surface area contributed by atoms with Crippen molar-refractivity contribution >= 4 is 51.1 Å². The highest BCUT2D eigenvalue weighted by atomic mass is 35.5. The van der Waals surface area contributed by atoms with Crippen molar-refractivity contribution in [3.05, 3.63) is 33.4 Å². The van der Waals surface area contributed by atoms with E-state index in [4.69, 9.17) is 23.2 Å². The van der Waals surface area contributed by atoms with Gasteiger partial charge in [-0.25, -0.2) is 9.67 Å². The lowest BCUT2D eigenvalue weighted by Crippen LogP contribution is -2.30. The lowest BCUT2D eigenvalue weighted by atomic mass is 10.2. The Bertz CT molecular complexity index is 1190. The molecular weight excluding hydrogens is 513 g/mol. The third-order valence-electron chi connectivity index (χ3n) is 3.48. The van der Waals surface area contributed by atoms with E-state index in [-0.39, 0.29) is 0 Å². The Morgan fingerprint density at radius 2 is 1.72 bits per heavy atom. The van der Waals surface area contributed by atoms with E-state index in [0.29, 0.717) is 16.8 Å². The number of aromatic nitrogens is 2. The highest BCUT2D eigenvalue weighted by molar-refractivity contribution is 7.93. The lowest BCUT2D eigenvalue weighted by molar-refractivity contribution is -0.137. The third kappa shape index (κ3) is 5.19. The Labute approximate surface area is 186 Å². The first-order chi connectivity index (χ1) is 14.5. The van der Waals surface area contributed by atoms with Gasteiger partial charge in [0, 0.05) is 14.1 Å². The van der Waals surface area contributed by atoms with E-state index in [1.54, 1.807) is 0 Å². The van der Waals surface area contributed by atoms with E-state index in [2.05, 4.69) is 10.1 Å². The van der Waals surface area contributed by atoms with Crippen molar-refractivity contribution in [2.24, 2.45) is 4.99 Å². The van der Waals surface area contributed by atoms with Gasteiger partial charge in [-0.2, -0.15) is 45.1 Å². The molecule has 8 nitrogen and oxygen atoms in total. The Morgan fingerprint density at radius 1 is 1.19 bits per heavy atom. The van der Waals surface area contributed by atoms with Crippen LogP contribution in [0.25, 0.3) is 5.69 Å². The van der Waals surface area contributed by atoms with Crippen LogP contribution in [0.2, 0.25) is 10.0 Å². The van der Waals surface area contributed by atoms with Crippen molar-refractivity contribution in [3.63, 3.8) is 0 Å². The first kappa shape index (κ1) is 25.6. The van der Waals surface area contributed by atoms with Crippen LogP contribution in [0.4, 0.5) is 37.8 Å². The number of rotatable bonds is 5. The van der Waals surface area contributed by atoms with Crippen LogP contribution < -0.4 is 4.72 Å². The molecule has 174 valence electrons. The van der Waals surface area contributed by atoms with Crippen LogP contribution in [-0.2, 0) is 16.2 Å². The zero-order valence-corrected chi connectivity index (χ0v) is 18.0. The van der Waals surface area contributed by atoms with E-state index in [1.165, 1.54) is 29.8 Å². The maximum Gasteiger partial charge on any atom is 0.516 e. The normalized spacial score (nSPS) is 12.8. The summed E-state index contributed by atoms with van der Waals surface area (Å²) in [5.41, 5.74) is -9.35. The Morgan fingerprint density at radius 3 is 2.12 bits per heavy atom.